The third-order valence-corrected chi connectivity index (χ3v) is 5.23. The molecule has 0 aliphatic carbocycles. The number of aromatic nitrogens is 3. The van der Waals surface area contributed by atoms with Gasteiger partial charge in [0, 0.05) is 11.8 Å². The Morgan fingerprint density at radius 1 is 0.935 bits per heavy atom. The predicted octanol–water partition coefficient (Wildman–Crippen LogP) is 4.82. The van der Waals surface area contributed by atoms with Gasteiger partial charge in [-0.25, -0.2) is 4.98 Å². The first kappa shape index (κ1) is 19.0. The number of hydrogen-bond acceptors (Lipinski definition) is 6. The highest BCUT2D eigenvalue weighted by atomic mass is 16.5. The largest absolute Gasteiger partial charge is 0.497 e. The molecule has 0 bridgehead atoms. The standard InChI is InChI=1S/C24H22N4O3/c1-16-14-27(15-25-16)20-11-12-22(26-23(20)30-3)28-19-9-4-5-10-21(19)31-24(28)17-7-6-8-18(13-17)29-2/h4-15,24H,1-3H3. The van der Waals surface area contributed by atoms with Crippen LogP contribution in [0, 0.1) is 6.92 Å². The molecule has 31 heavy (non-hydrogen) atoms. The number of hydrogen-bond donors (Lipinski definition) is 0. The summed E-state index contributed by atoms with van der Waals surface area (Å²) in [6.07, 6.45) is 3.31. The molecule has 7 heteroatoms. The SMILES string of the molecule is COc1cccc(C2Oc3ccccc3N2c2ccc(-n3cnc(C)c3)c(OC)n2)c1. The molecule has 0 N–H and O–H groups in total. The molecular formula is C24H22N4O3. The van der Waals surface area contributed by atoms with Crippen LogP contribution in [0.1, 0.15) is 17.5 Å². The summed E-state index contributed by atoms with van der Waals surface area (Å²) in [5.41, 5.74) is 3.64. The number of benzene rings is 2. The van der Waals surface area contributed by atoms with E-state index in [1.54, 1.807) is 20.5 Å². The van der Waals surface area contributed by atoms with Gasteiger partial charge in [0.1, 0.15) is 23.0 Å². The van der Waals surface area contributed by atoms with Crippen LogP contribution in [0.3, 0.4) is 0 Å². The molecule has 0 radical (unpaired) electrons. The average Bonchev–Trinajstić information content (AvgIpc) is 3.42. The lowest BCUT2D eigenvalue weighted by Crippen LogP contribution is -2.23. The molecule has 4 aromatic rings. The number of para-hydroxylation sites is 2. The zero-order chi connectivity index (χ0) is 21.4. The Labute approximate surface area is 180 Å². The molecule has 0 saturated heterocycles. The van der Waals surface area contributed by atoms with Gasteiger partial charge in [0.15, 0.2) is 0 Å². The summed E-state index contributed by atoms with van der Waals surface area (Å²) in [4.78, 5) is 11.2. The maximum absolute atomic E-state index is 6.33. The van der Waals surface area contributed by atoms with Gasteiger partial charge in [-0.1, -0.05) is 24.3 Å². The van der Waals surface area contributed by atoms with Crippen LogP contribution in [0.4, 0.5) is 11.5 Å². The summed E-state index contributed by atoms with van der Waals surface area (Å²) < 4.78 is 19.3. The topological polar surface area (TPSA) is 61.6 Å². The Hall–Kier alpha value is -4.00. The Bertz CT molecular complexity index is 1240. The van der Waals surface area contributed by atoms with Crippen molar-refractivity contribution in [2.45, 2.75) is 13.2 Å². The number of nitrogens with zero attached hydrogens (tertiary/aromatic N) is 4. The van der Waals surface area contributed by atoms with Gasteiger partial charge in [-0.15, -0.1) is 0 Å². The molecule has 2 aromatic carbocycles. The van der Waals surface area contributed by atoms with Gasteiger partial charge in [0.2, 0.25) is 12.1 Å². The molecule has 1 aliphatic rings. The molecule has 3 heterocycles. The maximum atomic E-state index is 6.33. The van der Waals surface area contributed by atoms with E-state index in [1.807, 2.05) is 78.4 Å². The predicted molar refractivity (Wildman–Crippen MR) is 118 cm³/mol. The fourth-order valence-electron chi connectivity index (χ4n) is 3.77. The highest BCUT2D eigenvalue weighted by Gasteiger charge is 2.34. The van der Waals surface area contributed by atoms with Crippen molar-refractivity contribution in [1.29, 1.82) is 0 Å². The van der Waals surface area contributed by atoms with Crippen LogP contribution >= 0.6 is 0 Å². The number of rotatable bonds is 5. The van der Waals surface area contributed by atoms with Crippen LogP contribution in [0.2, 0.25) is 0 Å². The van der Waals surface area contributed by atoms with E-state index in [9.17, 15) is 0 Å². The van der Waals surface area contributed by atoms with E-state index in [2.05, 4.69) is 9.88 Å². The van der Waals surface area contributed by atoms with Crippen LogP contribution in [-0.2, 0) is 0 Å². The van der Waals surface area contributed by atoms with E-state index < -0.39 is 0 Å². The summed E-state index contributed by atoms with van der Waals surface area (Å²) in [6, 6.07) is 19.7. The van der Waals surface area contributed by atoms with Crippen LogP contribution in [0.25, 0.3) is 5.69 Å². The van der Waals surface area contributed by atoms with Crippen molar-refractivity contribution in [3.8, 4) is 23.1 Å². The van der Waals surface area contributed by atoms with E-state index in [4.69, 9.17) is 19.2 Å². The summed E-state index contributed by atoms with van der Waals surface area (Å²) >= 11 is 0. The molecular weight excluding hydrogens is 392 g/mol. The van der Waals surface area contributed by atoms with E-state index in [1.165, 1.54) is 0 Å². The van der Waals surface area contributed by atoms with Crippen molar-refractivity contribution in [1.82, 2.24) is 14.5 Å². The Morgan fingerprint density at radius 2 is 1.81 bits per heavy atom. The number of fused-ring (bicyclic) bond motifs is 1. The Morgan fingerprint density at radius 3 is 2.58 bits per heavy atom. The fourth-order valence-corrected chi connectivity index (χ4v) is 3.77. The van der Waals surface area contributed by atoms with Crippen molar-refractivity contribution in [3.05, 3.63) is 84.4 Å². The summed E-state index contributed by atoms with van der Waals surface area (Å²) in [6.45, 7) is 1.95. The van der Waals surface area contributed by atoms with Gasteiger partial charge >= 0.3 is 0 Å². The molecule has 0 saturated carbocycles. The van der Waals surface area contributed by atoms with E-state index in [0.717, 1.165) is 39.9 Å². The van der Waals surface area contributed by atoms with Gasteiger partial charge in [-0.05, 0) is 43.3 Å². The monoisotopic (exact) mass is 414 g/mol. The van der Waals surface area contributed by atoms with Gasteiger partial charge in [-0.3, -0.25) is 4.90 Å². The van der Waals surface area contributed by atoms with Gasteiger partial charge in [-0.2, -0.15) is 4.98 Å². The molecule has 5 rings (SSSR count). The lowest BCUT2D eigenvalue weighted by atomic mass is 10.1. The third kappa shape index (κ3) is 3.34. The minimum atomic E-state index is -0.383. The first-order valence-electron chi connectivity index (χ1n) is 9.93. The lowest BCUT2D eigenvalue weighted by molar-refractivity contribution is 0.239. The minimum absolute atomic E-state index is 0.383. The number of methoxy groups -OCH3 is 2. The Balaban J connectivity index is 1.61. The molecule has 0 amide bonds. The number of aryl methyl sites for hydroxylation is 1. The minimum Gasteiger partial charge on any atom is -0.497 e. The Kier molecular flexibility index (Phi) is 4.71. The van der Waals surface area contributed by atoms with Crippen LogP contribution in [0.5, 0.6) is 17.4 Å². The quantitative estimate of drug-likeness (QED) is 0.467. The summed E-state index contributed by atoms with van der Waals surface area (Å²) in [5.74, 6) is 2.79. The molecule has 1 unspecified atom stereocenters. The van der Waals surface area contributed by atoms with Gasteiger partial charge < -0.3 is 18.8 Å². The lowest BCUT2D eigenvalue weighted by Gasteiger charge is -2.25. The smallest absolute Gasteiger partial charge is 0.240 e. The van der Waals surface area contributed by atoms with E-state index in [0.29, 0.717) is 5.88 Å². The van der Waals surface area contributed by atoms with E-state index in [-0.39, 0.29) is 6.23 Å². The van der Waals surface area contributed by atoms with Gasteiger partial charge in [0.05, 0.1) is 31.9 Å². The molecule has 2 aromatic heterocycles. The van der Waals surface area contributed by atoms with Crippen molar-refractivity contribution in [2.75, 3.05) is 19.1 Å². The highest BCUT2D eigenvalue weighted by Crippen LogP contribution is 2.48. The zero-order valence-electron chi connectivity index (χ0n) is 17.5. The van der Waals surface area contributed by atoms with Crippen LogP contribution in [0.15, 0.2) is 73.2 Å². The number of ether oxygens (including phenoxy) is 3. The molecule has 1 aliphatic heterocycles. The van der Waals surface area contributed by atoms with Gasteiger partial charge in [0.25, 0.3) is 0 Å². The third-order valence-electron chi connectivity index (χ3n) is 5.23. The van der Waals surface area contributed by atoms with Crippen molar-refractivity contribution >= 4 is 11.5 Å². The van der Waals surface area contributed by atoms with Crippen molar-refractivity contribution in [2.24, 2.45) is 0 Å². The molecule has 156 valence electrons. The fraction of sp³-hybridized carbons (Fsp3) is 0.167. The second-order valence-corrected chi connectivity index (χ2v) is 7.20. The molecule has 1 atom stereocenters. The summed E-state index contributed by atoms with van der Waals surface area (Å²) in [7, 11) is 3.28. The van der Waals surface area contributed by atoms with E-state index >= 15 is 0 Å². The van der Waals surface area contributed by atoms with Crippen molar-refractivity contribution in [3.63, 3.8) is 0 Å². The average molecular weight is 414 g/mol. The molecule has 0 fully saturated rings. The van der Waals surface area contributed by atoms with Crippen molar-refractivity contribution < 1.29 is 14.2 Å². The second-order valence-electron chi connectivity index (χ2n) is 7.20. The first-order chi connectivity index (χ1) is 15.2. The van der Waals surface area contributed by atoms with Crippen LogP contribution in [-0.4, -0.2) is 28.8 Å². The second kappa shape index (κ2) is 7.68. The van der Waals surface area contributed by atoms with Crippen LogP contribution < -0.4 is 19.1 Å². The number of imidazole rings is 1. The highest BCUT2D eigenvalue weighted by molar-refractivity contribution is 5.72. The zero-order valence-corrected chi connectivity index (χ0v) is 17.5. The molecule has 0 spiro atoms. The summed E-state index contributed by atoms with van der Waals surface area (Å²) in [5, 5.41) is 0. The normalized spacial score (nSPS) is 14.8. The number of pyridine rings is 1. The maximum Gasteiger partial charge on any atom is 0.240 e. The number of anilines is 2. The molecule has 7 nitrogen and oxygen atoms in total. The first-order valence-corrected chi connectivity index (χ1v) is 9.93.